The maximum atomic E-state index is 5.94. The number of guanidine groups is 1. The van der Waals surface area contributed by atoms with Gasteiger partial charge in [0, 0.05) is 40.4 Å². The van der Waals surface area contributed by atoms with Gasteiger partial charge in [-0.3, -0.25) is 4.99 Å². The molecule has 0 saturated carbocycles. The highest BCUT2D eigenvalue weighted by Gasteiger charge is 2.09. The molecule has 0 bridgehead atoms. The first-order chi connectivity index (χ1) is 12.6. The molecule has 0 radical (unpaired) electrons. The zero-order chi connectivity index (χ0) is 19.2. The summed E-state index contributed by atoms with van der Waals surface area (Å²) in [6, 6.07) is 7.65. The van der Waals surface area contributed by atoms with Gasteiger partial charge in [-0.15, -0.1) is 0 Å². The molecule has 0 saturated heterocycles. The number of nitrogens with zero attached hydrogens (tertiary/aromatic N) is 2. The first-order valence-electron chi connectivity index (χ1n) is 9.02. The van der Waals surface area contributed by atoms with Gasteiger partial charge in [0.2, 0.25) is 0 Å². The van der Waals surface area contributed by atoms with Crippen LogP contribution in [0.2, 0.25) is 0 Å². The zero-order valence-corrected chi connectivity index (χ0v) is 16.7. The van der Waals surface area contributed by atoms with Gasteiger partial charge < -0.3 is 29.7 Å². The predicted octanol–water partition coefficient (Wildman–Crippen LogP) is 1.60. The molecule has 0 aliphatic rings. The van der Waals surface area contributed by atoms with Crippen molar-refractivity contribution in [3.05, 3.63) is 24.3 Å². The average Bonchev–Trinajstić information content (AvgIpc) is 2.65. The maximum Gasteiger partial charge on any atom is 0.191 e. The van der Waals surface area contributed by atoms with Crippen molar-refractivity contribution >= 4 is 5.96 Å². The first-order valence-corrected chi connectivity index (χ1v) is 9.02. The average molecular weight is 367 g/mol. The van der Waals surface area contributed by atoms with E-state index in [1.165, 1.54) is 0 Å². The van der Waals surface area contributed by atoms with Crippen molar-refractivity contribution < 1.29 is 14.2 Å². The van der Waals surface area contributed by atoms with E-state index in [9.17, 15) is 0 Å². The second kappa shape index (κ2) is 13.2. The third-order valence-corrected chi connectivity index (χ3v) is 3.85. The summed E-state index contributed by atoms with van der Waals surface area (Å²) in [5, 5.41) is 6.61. The third kappa shape index (κ3) is 8.92. The summed E-state index contributed by atoms with van der Waals surface area (Å²) in [6.07, 6.45) is 1.01. The molecular weight excluding hydrogens is 332 g/mol. The van der Waals surface area contributed by atoms with Crippen LogP contribution in [-0.2, 0) is 4.74 Å². The van der Waals surface area contributed by atoms with E-state index in [2.05, 4.69) is 27.6 Å². The van der Waals surface area contributed by atoms with E-state index in [0.717, 1.165) is 50.1 Å². The molecule has 1 aromatic carbocycles. The Morgan fingerprint density at radius 1 is 1.15 bits per heavy atom. The lowest BCUT2D eigenvalue weighted by Gasteiger charge is -2.20. The number of para-hydroxylation sites is 2. The minimum atomic E-state index is -0.0263. The SMILES string of the molecule is CN=C(NCCN(C)CCCOC)NCC(C)Oc1ccccc1OC. The van der Waals surface area contributed by atoms with Crippen molar-refractivity contribution in [2.24, 2.45) is 4.99 Å². The zero-order valence-electron chi connectivity index (χ0n) is 16.7. The first kappa shape index (κ1) is 22.1. The topological polar surface area (TPSA) is 67.4 Å². The number of likely N-dealkylation sites (N-methyl/N-ethyl adjacent to an activating group) is 1. The van der Waals surface area contributed by atoms with Crippen LogP contribution in [0, 0.1) is 0 Å². The summed E-state index contributed by atoms with van der Waals surface area (Å²) in [5.41, 5.74) is 0. The molecule has 1 unspecified atom stereocenters. The van der Waals surface area contributed by atoms with Gasteiger partial charge in [-0.1, -0.05) is 12.1 Å². The number of methoxy groups -OCH3 is 2. The molecule has 1 atom stereocenters. The number of nitrogens with one attached hydrogen (secondary N) is 2. The monoisotopic (exact) mass is 366 g/mol. The van der Waals surface area contributed by atoms with E-state index >= 15 is 0 Å². The van der Waals surface area contributed by atoms with Crippen LogP contribution in [0.4, 0.5) is 0 Å². The molecule has 0 aliphatic heterocycles. The van der Waals surface area contributed by atoms with Crippen LogP contribution in [-0.4, -0.2) is 78.1 Å². The molecule has 148 valence electrons. The summed E-state index contributed by atoms with van der Waals surface area (Å²) in [7, 11) is 7.25. The number of ether oxygens (including phenoxy) is 3. The molecule has 0 aliphatic carbocycles. The van der Waals surface area contributed by atoms with Crippen LogP contribution in [0.15, 0.2) is 29.3 Å². The van der Waals surface area contributed by atoms with Gasteiger partial charge in [-0.05, 0) is 32.5 Å². The fourth-order valence-corrected chi connectivity index (χ4v) is 2.39. The van der Waals surface area contributed by atoms with Crippen LogP contribution in [0.25, 0.3) is 0 Å². The van der Waals surface area contributed by atoms with Gasteiger partial charge >= 0.3 is 0 Å². The Labute approximate surface area is 157 Å². The molecule has 1 rings (SSSR count). The Hall–Kier alpha value is -1.99. The second-order valence-corrected chi connectivity index (χ2v) is 6.11. The smallest absolute Gasteiger partial charge is 0.191 e. The number of benzene rings is 1. The summed E-state index contributed by atoms with van der Waals surface area (Å²) in [4.78, 5) is 6.52. The lowest BCUT2D eigenvalue weighted by atomic mass is 10.3. The van der Waals surface area contributed by atoms with E-state index in [-0.39, 0.29) is 6.10 Å². The summed E-state index contributed by atoms with van der Waals surface area (Å²) < 4.78 is 16.3. The summed E-state index contributed by atoms with van der Waals surface area (Å²) in [5.74, 6) is 2.24. The van der Waals surface area contributed by atoms with Crippen LogP contribution < -0.4 is 20.1 Å². The second-order valence-electron chi connectivity index (χ2n) is 6.11. The van der Waals surface area contributed by atoms with Crippen LogP contribution in [0.3, 0.4) is 0 Å². The minimum Gasteiger partial charge on any atom is -0.493 e. The van der Waals surface area contributed by atoms with Crippen molar-refractivity contribution in [3.63, 3.8) is 0 Å². The molecule has 2 N–H and O–H groups in total. The lowest BCUT2D eigenvalue weighted by molar-refractivity contribution is 0.180. The third-order valence-electron chi connectivity index (χ3n) is 3.85. The molecule has 1 aromatic rings. The number of aliphatic imine (C=N–C) groups is 1. The Bertz CT molecular complexity index is 525. The Kier molecular flexibility index (Phi) is 11.2. The molecule has 0 amide bonds. The van der Waals surface area contributed by atoms with Gasteiger partial charge in [-0.25, -0.2) is 0 Å². The highest BCUT2D eigenvalue weighted by atomic mass is 16.5. The molecule has 0 aromatic heterocycles. The fraction of sp³-hybridized carbons (Fsp3) is 0.632. The highest BCUT2D eigenvalue weighted by Crippen LogP contribution is 2.26. The predicted molar refractivity (Wildman–Crippen MR) is 106 cm³/mol. The Balaban J connectivity index is 2.28. The Morgan fingerprint density at radius 2 is 1.88 bits per heavy atom. The van der Waals surface area contributed by atoms with Gasteiger partial charge in [0.25, 0.3) is 0 Å². The molecule has 7 heteroatoms. The van der Waals surface area contributed by atoms with Crippen LogP contribution >= 0.6 is 0 Å². The number of hydrogen-bond donors (Lipinski definition) is 2. The van der Waals surface area contributed by atoms with Crippen LogP contribution in [0.5, 0.6) is 11.5 Å². The minimum absolute atomic E-state index is 0.0263. The lowest BCUT2D eigenvalue weighted by Crippen LogP contribution is -2.44. The van der Waals surface area contributed by atoms with Crippen molar-refractivity contribution in [1.29, 1.82) is 0 Å². The quantitative estimate of drug-likeness (QED) is 0.333. The molecule has 0 heterocycles. The van der Waals surface area contributed by atoms with E-state index < -0.39 is 0 Å². The van der Waals surface area contributed by atoms with Crippen molar-refractivity contribution in [2.75, 3.05) is 61.1 Å². The van der Waals surface area contributed by atoms with E-state index in [4.69, 9.17) is 14.2 Å². The highest BCUT2D eigenvalue weighted by molar-refractivity contribution is 5.79. The summed E-state index contributed by atoms with van der Waals surface area (Å²) in [6.45, 7) is 6.23. The van der Waals surface area contributed by atoms with E-state index in [1.807, 2.05) is 31.2 Å². The Morgan fingerprint density at radius 3 is 2.54 bits per heavy atom. The van der Waals surface area contributed by atoms with Gasteiger partial charge in [0.05, 0.1) is 13.7 Å². The largest absolute Gasteiger partial charge is 0.493 e. The molecule has 0 fully saturated rings. The molecule has 0 spiro atoms. The standard InChI is InChI=1S/C19H34N4O3/c1-16(26-18-10-7-6-9-17(18)25-5)15-22-19(20-2)21-11-13-23(3)12-8-14-24-4/h6-7,9-10,16H,8,11-15H2,1-5H3,(H2,20,21,22). The van der Waals surface area contributed by atoms with Crippen molar-refractivity contribution in [2.45, 2.75) is 19.4 Å². The van der Waals surface area contributed by atoms with E-state index in [0.29, 0.717) is 6.54 Å². The van der Waals surface area contributed by atoms with Gasteiger partial charge in [0.1, 0.15) is 6.10 Å². The molecule has 26 heavy (non-hydrogen) atoms. The van der Waals surface area contributed by atoms with Crippen molar-refractivity contribution in [1.82, 2.24) is 15.5 Å². The van der Waals surface area contributed by atoms with E-state index in [1.54, 1.807) is 21.3 Å². The van der Waals surface area contributed by atoms with Gasteiger partial charge in [0.15, 0.2) is 17.5 Å². The summed E-state index contributed by atoms with van der Waals surface area (Å²) >= 11 is 0. The van der Waals surface area contributed by atoms with Crippen molar-refractivity contribution in [3.8, 4) is 11.5 Å². The fourth-order valence-electron chi connectivity index (χ4n) is 2.39. The molecular formula is C19H34N4O3. The van der Waals surface area contributed by atoms with Crippen LogP contribution in [0.1, 0.15) is 13.3 Å². The number of hydrogen-bond acceptors (Lipinski definition) is 5. The maximum absolute atomic E-state index is 5.94. The van der Waals surface area contributed by atoms with Gasteiger partial charge in [-0.2, -0.15) is 0 Å². The normalized spacial score (nSPS) is 12.8. The molecule has 7 nitrogen and oxygen atoms in total. The number of rotatable bonds is 12.